The van der Waals surface area contributed by atoms with Gasteiger partial charge in [-0.2, -0.15) is 0 Å². The molecule has 34 heavy (non-hydrogen) atoms. The molecule has 4 heterocycles. The van der Waals surface area contributed by atoms with Crippen molar-refractivity contribution >= 4 is 28.5 Å². The number of H-pyrrole nitrogens is 1. The van der Waals surface area contributed by atoms with Crippen molar-refractivity contribution in [3.8, 4) is 11.1 Å². The Bertz CT molecular complexity index is 1540. The minimum atomic E-state index is -0.421. The van der Waals surface area contributed by atoms with Gasteiger partial charge in [-0.15, -0.1) is 0 Å². The number of amides is 1. The van der Waals surface area contributed by atoms with E-state index in [9.17, 15) is 9.59 Å². The van der Waals surface area contributed by atoms with E-state index in [1.165, 1.54) is 10.6 Å². The van der Waals surface area contributed by atoms with Gasteiger partial charge < -0.3 is 14.9 Å². The summed E-state index contributed by atoms with van der Waals surface area (Å²) in [5.41, 5.74) is 4.34. The second-order valence-electron chi connectivity index (χ2n) is 7.83. The third-order valence-corrected chi connectivity index (χ3v) is 5.77. The number of pyridine rings is 3. The number of hydrogen-bond acceptors (Lipinski definition) is 4. The summed E-state index contributed by atoms with van der Waals surface area (Å²) in [5.74, 6) is -0.421. The van der Waals surface area contributed by atoms with Crippen LogP contribution in [0.25, 0.3) is 22.2 Å². The maximum absolute atomic E-state index is 12.9. The van der Waals surface area contributed by atoms with Crippen LogP contribution in [0.1, 0.15) is 21.5 Å². The highest BCUT2D eigenvalue weighted by molar-refractivity contribution is 6.29. The van der Waals surface area contributed by atoms with Crippen molar-refractivity contribution in [1.29, 1.82) is 0 Å². The molecule has 0 aliphatic carbocycles. The molecule has 0 atom stereocenters. The number of fused-ring (bicyclic) bond motifs is 1. The molecule has 0 radical (unpaired) electrons. The quantitative estimate of drug-likeness (QED) is 0.360. The molecule has 2 N–H and O–H groups in total. The zero-order valence-corrected chi connectivity index (χ0v) is 18.8. The topological polar surface area (TPSA) is 92.7 Å². The summed E-state index contributed by atoms with van der Waals surface area (Å²) >= 11 is 5.83. The van der Waals surface area contributed by atoms with Gasteiger partial charge in [0.2, 0.25) is 0 Å². The van der Waals surface area contributed by atoms with Crippen LogP contribution in [0.3, 0.4) is 0 Å². The molecular formula is C26H20ClN5O2. The number of hydrogen-bond donors (Lipinski definition) is 2. The van der Waals surface area contributed by atoms with Crippen molar-refractivity contribution in [1.82, 2.24) is 24.8 Å². The first-order valence-electron chi connectivity index (χ1n) is 10.7. The number of carbonyl (C=O) groups is 1. The summed E-state index contributed by atoms with van der Waals surface area (Å²) in [6, 6.07) is 18.5. The average molecular weight is 470 g/mol. The maximum Gasteiger partial charge on any atom is 0.263 e. The number of aromatic nitrogens is 4. The highest BCUT2D eigenvalue weighted by Crippen LogP contribution is 2.28. The predicted octanol–water partition coefficient (Wildman–Crippen LogP) is 4.42. The van der Waals surface area contributed by atoms with Crippen molar-refractivity contribution in [2.75, 3.05) is 0 Å². The normalized spacial score (nSPS) is 11.0. The lowest BCUT2D eigenvalue weighted by atomic mass is 10.0. The molecule has 5 aromatic rings. The van der Waals surface area contributed by atoms with E-state index in [2.05, 4.69) is 20.3 Å². The van der Waals surface area contributed by atoms with E-state index in [1.54, 1.807) is 36.8 Å². The highest BCUT2D eigenvalue weighted by Gasteiger charge is 2.13. The van der Waals surface area contributed by atoms with Gasteiger partial charge >= 0.3 is 0 Å². The number of nitrogens with one attached hydrogen (secondary N) is 2. The molecule has 7 nitrogen and oxygen atoms in total. The van der Waals surface area contributed by atoms with E-state index in [-0.39, 0.29) is 11.1 Å². The molecule has 168 valence electrons. The average Bonchev–Trinajstić information content (AvgIpc) is 3.30. The zero-order chi connectivity index (χ0) is 23.5. The van der Waals surface area contributed by atoms with Gasteiger partial charge in [-0.05, 0) is 53.1 Å². The molecule has 0 saturated carbocycles. The Hall–Kier alpha value is -4.23. The fourth-order valence-electron chi connectivity index (χ4n) is 3.85. The van der Waals surface area contributed by atoms with Crippen LogP contribution in [-0.2, 0) is 13.1 Å². The van der Waals surface area contributed by atoms with Crippen molar-refractivity contribution in [3.05, 3.63) is 118 Å². The molecule has 0 bridgehead atoms. The number of carbonyl (C=O) groups excluding carboxylic acids is 1. The van der Waals surface area contributed by atoms with Gasteiger partial charge in [0.15, 0.2) is 0 Å². The van der Waals surface area contributed by atoms with Gasteiger partial charge in [0, 0.05) is 42.3 Å². The Morgan fingerprint density at radius 3 is 2.79 bits per heavy atom. The first kappa shape index (κ1) is 21.6. The second kappa shape index (κ2) is 9.33. The standard InChI is InChI=1S/C26H20ClN5O2/c27-23-9-8-18(14-29-23)16-32-11-3-7-21(26(32)34)25(33)31-13-17-4-1-5-19(12-17)22-15-30-24-20(22)6-2-10-28-24/h1-12,14-15H,13,16H2,(H,28,30)(H,31,33). The van der Waals surface area contributed by atoms with Gasteiger partial charge in [-0.25, -0.2) is 9.97 Å². The van der Waals surface area contributed by atoms with E-state index < -0.39 is 5.91 Å². The fourth-order valence-corrected chi connectivity index (χ4v) is 3.96. The van der Waals surface area contributed by atoms with Crippen LogP contribution in [0.5, 0.6) is 0 Å². The first-order chi connectivity index (χ1) is 16.6. The first-order valence-corrected chi connectivity index (χ1v) is 11.1. The number of halogens is 1. The summed E-state index contributed by atoms with van der Waals surface area (Å²) in [6.45, 7) is 0.592. The second-order valence-corrected chi connectivity index (χ2v) is 8.22. The minimum Gasteiger partial charge on any atom is -0.348 e. The van der Waals surface area contributed by atoms with Gasteiger partial charge in [-0.3, -0.25) is 9.59 Å². The Kier molecular flexibility index (Phi) is 5.93. The lowest BCUT2D eigenvalue weighted by molar-refractivity contribution is 0.0949. The van der Waals surface area contributed by atoms with Crippen LogP contribution >= 0.6 is 11.6 Å². The van der Waals surface area contributed by atoms with Gasteiger partial charge in [0.05, 0.1) is 6.54 Å². The summed E-state index contributed by atoms with van der Waals surface area (Å²) in [6.07, 6.45) is 6.93. The van der Waals surface area contributed by atoms with Crippen LogP contribution in [-0.4, -0.2) is 25.4 Å². The zero-order valence-electron chi connectivity index (χ0n) is 18.0. The number of rotatable bonds is 6. The third kappa shape index (κ3) is 4.46. The molecule has 0 aliphatic heterocycles. The molecule has 0 saturated heterocycles. The Balaban J connectivity index is 1.31. The molecular weight excluding hydrogens is 450 g/mol. The van der Waals surface area contributed by atoms with E-state index in [0.717, 1.165) is 33.3 Å². The molecule has 4 aromatic heterocycles. The van der Waals surface area contributed by atoms with Gasteiger partial charge in [0.1, 0.15) is 16.4 Å². The summed E-state index contributed by atoms with van der Waals surface area (Å²) < 4.78 is 1.48. The number of aromatic amines is 1. The lowest BCUT2D eigenvalue weighted by Crippen LogP contribution is -2.32. The van der Waals surface area contributed by atoms with Crippen LogP contribution < -0.4 is 10.9 Å². The highest BCUT2D eigenvalue weighted by atomic mass is 35.5. The van der Waals surface area contributed by atoms with Crippen molar-refractivity contribution in [3.63, 3.8) is 0 Å². The minimum absolute atomic E-state index is 0.0864. The van der Waals surface area contributed by atoms with Crippen molar-refractivity contribution in [2.24, 2.45) is 0 Å². The Morgan fingerprint density at radius 1 is 1.03 bits per heavy atom. The lowest BCUT2D eigenvalue weighted by Gasteiger charge is -2.10. The Labute approximate surface area is 200 Å². The smallest absolute Gasteiger partial charge is 0.263 e. The molecule has 0 fully saturated rings. The number of benzene rings is 1. The largest absolute Gasteiger partial charge is 0.348 e. The third-order valence-electron chi connectivity index (χ3n) is 5.55. The van der Waals surface area contributed by atoms with Crippen LogP contribution in [0.2, 0.25) is 5.15 Å². The van der Waals surface area contributed by atoms with Crippen LogP contribution in [0.15, 0.2) is 90.2 Å². The molecule has 0 spiro atoms. The van der Waals surface area contributed by atoms with Crippen LogP contribution in [0.4, 0.5) is 0 Å². The van der Waals surface area contributed by atoms with Crippen LogP contribution in [0, 0.1) is 0 Å². The fraction of sp³-hybridized carbons (Fsp3) is 0.0769. The Morgan fingerprint density at radius 2 is 1.94 bits per heavy atom. The SMILES string of the molecule is O=C(NCc1cccc(-c2c[nH]c3ncccc23)c1)c1cccn(Cc2ccc(Cl)nc2)c1=O. The molecule has 1 amide bonds. The maximum atomic E-state index is 12.9. The summed E-state index contributed by atoms with van der Waals surface area (Å²) in [4.78, 5) is 37.2. The molecule has 5 rings (SSSR count). The van der Waals surface area contributed by atoms with Crippen molar-refractivity contribution in [2.45, 2.75) is 13.1 Å². The van der Waals surface area contributed by atoms with Crippen molar-refractivity contribution < 1.29 is 4.79 Å². The van der Waals surface area contributed by atoms with E-state index in [0.29, 0.717) is 18.2 Å². The van der Waals surface area contributed by atoms with Gasteiger partial charge in [0.25, 0.3) is 11.5 Å². The monoisotopic (exact) mass is 469 g/mol. The van der Waals surface area contributed by atoms with E-state index in [4.69, 9.17) is 11.6 Å². The molecule has 8 heteroatoms. The van der Waals surface area contributed by atoms with Gasteiger partial charge in [-0.1, -0.05) is 35.9 Å². The molecule has 0 aliphatic rings. The number of nitrogens with zero attached hydrogens (tertiary/aromatic N) is 3. The molecule has 1 aromatic carbocycles. The predicted molar refractivity (Wildman–Crippen MR) is 132 cm³/mol. The summed E-state index contributed by atoms with van der Waals surface area (Å²) in [7, 11) is 0. The molecule has 0 unspecified atom stereocenters. The van der Waals surface area contributed by atoms with E-state index >= 15 is 0 Å². The van der Waals surface area contributed by atoms with E-state index in [1.807, 2.05) is 42.6 Å². The summed E-state index contributed by atoms with van der Waals surface area (Å²) in [5, 5.41) is 4.28.